The Labute approximate surface area is 175 Å². The lowest BCUT2D eigenvalue weighted by molar-refractivity contribution is 0.0938. The number of aryl methyl sites for hydroxylation is 1. The third-order valence-corrected chi connectivity index (χ3v) is 5.10. The van der Waals surface area contributed by atoms with E-state index >= 15 is 0 Å². The number of hydrogen-bond acceptors (Lipinski definition) is 6. The van der Waals surface area contributed by atoms with Crippen molar-refractivity contribution in [2.75, 3.05) is 0 Å². The Morgan fingerprint density at radius 1 is 1.00 bits per heavy atom. The van der Waals surface area contributed by atoms with Crippen molar-refractivity contribution >= 4 is 46.4 Å². The van der Waals surface area contributed by atoms with E-state index in [9.17, 15) is 9.59 Å². The van der Waals surface area contributed by atoms with Gasteiger partial charge in [0.1, 0.15) is 5.69 Å². The average molecular weight is 436 g/mol. The predicted octanol–water partition coefficient (Wildman–Crippen LogP) is 3.41. The number of amides is 2. The molecule has 3 aromatic rings. The van der Waals surface area contributed by atoms with Gasteiger partial charge in [0.25, 0.3) is 11.8 Å². The van der Waals surface area contributed by atoms with Crippen LogP contribution in [0, 0.1) is 6.92 Å². The van der Waals surface area contributed by atoms with Crippen LogP contribution in [0.4, 0.5) is 0 Å². The van der Waals surface area contributed by atoms with E-state index in [4.69, 9.17) is 23.2 Å². The van der Waals surface area contributed by atoms with Crippen molar-refractivity contribution in [1.29, 1.82) is 0 Å². The van der Waals surface area contributed by atoms with Crippen molar-refractivity contribution in [2.24, 2.45) is 0 Å². The standard InChI is InChI=1S/C18H15Cl2N5O2S/c1-10-21-7-13(28-10)8-25-18(27)16-9-22-12(5-23-16)6-24-17(26)14-3-2-11(19)4-15(14)20/h2-5,7,9H,6,8H2,1H3,(H,24,26)(H,25,27). The van der Waals surface area contributed by atoms with Crippen molar-refractivity contribution in [2.45, 2.75) is 20.0 Å². The van der Waals surface area contributed by atoms with Gasteiger partial charge in [0.15, 0.2) is 0 Å². The second kappa shape index (κ2) is 9.09. The zero-order chi connectivity index (χ0) is 20.1. The SMILES string of the molecule is Cc1ncc(CNC(=O)c2cnc(CNC(=O)c3ccc(Cl)cc3Cl)cn2)s1. The molecule has 7 nitrogen and oxygen atoms in total. The molecule has 3 rings (SSSR count). The second-order valence-electron chi connectivity index (χ2n) is 5.73. The normalized spacial score (nSPS) is 10.5. The maximum Gasteiger partial charge on any atom is 0.271 e. The average Bonchev–Trinajstić information content (AvgIpc) is 3.10. The minimum absolute atomic E-state index is 0.146. The van der Waals surface area contributed by atoms with Crippen LogP contribution in [0.2, 0.25) is 10.0 Å². The first-order valence-electron chi connectivity index (χ1n) is 8.16. The molecule has 0 saturated carbocycles. The first kappa shape index (κ1) is 20.2. The molecule has 2 N–H and O–H groups in total. The maximum atomic E-state index is 12.2. The topological polar surface area (TPSA) is 96.9 Å². The van der Waals surface area contributed by atoms with Gasteiger partial charge < -0.3 is 10.6 Å². The summed E-state index contributed by atoms with van der Waals surface area (Å²) in [5.41, 5.74) is 1.01. The van der Waals surface area contributed by atoms with Crippen molar-refractivity contribution in [1.82, 2.24) is 25.6 Å². The molecule has 144 valence electrons. The van der Waals surface area contributed by atoms with Gasteiger partial charge in [-0.15, -0.1) is 11.3 Å². The number of hydrogen-bond donors (Lipinski definition) is 2. The van der Waals surface area contributed by atoms with Crippen LogP contribution in [0.3, 0.4) is 0 Å². The largest absolute Gasteiger partial charge is 0.346 e. The lowest BCUT2D eigenvalue weighted by Gasteiger charge is -2.07. The Morgan fingerprint density at radius 3 is 2.43 bits per heavy atom. The third kappa shape index (κ3) is 5.25. The summed E-state index contributed by atoms with van der Waals surface area (Å²) in [6.45, 7) is 2.43. The van der Waals surface area contributed by atoms with E-state index in [1.165, 1.54) is 29.8 Å². The van der Waals surface area contributed by atoms with Gasteiger partial charge in [0.05, 0.1) is 46.8 Å². The van der Waals surface area contributed by atoms with Crippen molar-refractivity contribution in [3.8, 4) is 0 Å². The van der Waals surface area contributed by atoms with Gasteiger partial charge >= 0.3 is 0 Å². The summed E-state index contributed by atoms with van der Waals surface area (Å²) in [4.78, 5) is 37.7. The molecule has 0 bridgehead atoms. The highest BCUT2D eigenvalue weighted by molar-refractivity contribution is 7.11. The van der Waals surface area contributed by atoms with E-state index in [0.29, 0.717) is 22.8 Å². The maximum absolute atomic E-state index is 12.2. The molecule has 0 aliphatic rings. The molecule has 0 spiro atoms. The quantitative estimate of drug-likeness (QED) is 0.618. The minimum atomic E-state index is -0.356. The minimum Gasteiger partial charge on any atom is -0.346 e. The second-order valence-corrected chi connectivity index (χ2v) is 7.89. The molecule has 0 atom stereocenters. The highest BCUT2D eigenvalue weighted by Crippen LogP contribution is 2.20. The fraction of sp³-hybridized carbons (Fsp3) is 0.167. The summed E-state index contributed by atoms with van der Waals surface area (Å²) in [6.07, 6.45) is 4.53. The monoisotopic (exact) mass is 435 g/mol. The van der Waals surface area contributed by atoms with Gasteiger partial charge in [0.2, 0.25) is 0 Å². The fourth-order valence-electron chi connectivity index (χ4n) is 2.25. The first-order valence-corrected chi connectivity index (χ1v) is 9.73. The van der Waals surface area contributed by atoms with Crippen LogP contribution < -0.4 is 10.6 Å². The van der Waals surface area contributed by atoms with Crippen LogP contribution in [-0.4, -0.2) is 26.8 Å². The molecule has 2 amide bonds. The number of carbonyl (C=O) groups is 2. The molecule has 2 aromatic heterocycles. The van der Waals surface area contributed by atoms with Gasteiger partial charge in [0, 0.05) is 16.1 Å². The molecule has 10 heteroatoms. The van der Waals surface area contributed by atoms with Crippen LogP contribution >= 0.6 is 34.5 Å². The molecule has 0 aliphatic carbocycles. The molecule has 1 aromatic carbocycles. The van der Waals surface area contributed by atoms with E-state index in [2.05, 4.69) is 25.6 Å². The fourth-order valence-corrected chi connectivity index (χ4v) is 3.48. The van der Waals surface area contributed by atoms with Gasteiger partial charge in [-0.3, -0.25) is 14.6 Å². The Morgan fingerprint density at radius 2 is 1.79 bits per heavy atom. The van der Waals surface area contributed by atoms with Gasteiger partial charge in [-0.1, -0.05) is 23.2 Å². The molecule has 0 fully saturated rings. The Bertz CT molecular complexity index is 1010. The van der Waals surface area contributed by atoms with E-state index in [1.807, 2.05) is 6.92 Å². The zero-order valence-corrected chi connectivity index (χ0v) is 17.0. The Hall–Kier alpha value is -2.55. The van der Waals surface area contributed by atoms with Gasteiger partial charge in [-0.2, -0.15) is 0 Å². The number of nitrogens with zero attached hydrogens (tertiary/aromatic N) is 3. The summed E-state index contributed by atoms with van der Waals surface area (Å²) < 4.78 is 0. The molecule has 2 heterocycles. The van der Waals surface area contributed by atoms with Crippen molar-refractivity contribution in [3.05, 3.63) is 73.7 Å². The summed E-state index contributed by atoms with van der Waals surface area (Å²) in [7, 11) is 0. The number of aromatic nitrogens is 3. The summed E-state index contributed by atoms with van der Waals surface area (Å²) >= 11 is 13.4. The highest BCUT2D eigenvalue weighted by atomic mass is 35.5. The van der Waals surface area contributed by atoms with Crippen LogP contribution in [0.25, 0.3) is 0 Å². The van der Waals surface area contributed by atoms with E-state index in [0.717, 1.165) is 9.88 Å². The first-order chi connectivity index (χ1) is 13.4. The summed E-state index contributed by atoms with van der Waals surface area (Å²) in [5, 5.41) is 7.12. The van der Waals surface area contributed by atoms with Gasteiger partial charge in [-0.25, -0.2) is 9.97 Å². The number of carbonyl (C=O) groups excluding carboxylic acids is 2. The molecular formula is C18H15Cl2N5O2S. The van der Waals surface area contributed by atoms with Crippen LogP contribution in [0.5, 0.6) is 0 Å². The number of rotatable bonds is 6. The lowest BCUT2D eigenvalue weighted by Crippen LogP contribution is -2.25. The summed E-state index contributed by atoms with van der Waals surface area (Å²) in [6, 6.07) is 4.63. The predicted molar refractivity (Wildman–Crippen MR) is 108 cm³/mol. The lowest BCUT2D eigenvalue weighted by atomic mass is 10.2. The summed E-state index contributed by atoms with van der Waals surface area (Å²) in [5.74, 6) is -0.688. The number of nitrogens with one attached hydrogen (secondary N) is 2. The van der Waals surface area contributed by atoms with Crippen molar-refractivity contribution < 1.29 is 9.59 Å². The zero-order valence-electron chi connectivity index (χ0n) is 14.7. The van der Waals surface area contributed by atoms with Crippen LogP contribution in [0.15, 0.2) is 36.8 Å². The molecule has 0 unspecified atom stereocenters. The molecule has 28 heavy (non-hydrogen) atoms. The van der Waals surface area contributed by atoms with Crippen molar-refractivity contribution in [3.63, 3.8) is 0 Å². The Balaban J connectivity index is 1.53. The Kier molecular flexibility index (Phi) is 6.56. The molecule has 0 aliphatic heterocycles. The van der Waals surface area contributed by atoms with Gasteiger partial charge in [-0.05, 0) is 25.1 Å². The number of halogens is 2. The van der Waals surface area contributed by atoms with E-state index in [1.54, 1.807) is 18.3 Å². The van der Waals surface area contributed by atoms with E-state index < -0.39 is 0 Å². The number of benzene rings is 1. The molecule has 0 saturated heterocycles. The third-order valence-electron chi connectivity index (χ3n) is 3.64. The van der Waals surface area contributed by atoms with Crippen LogP contribution in [-0.2, 0) is 13.1 Å². The van der Waals surface area contributed by atoms with Crippen LogP contribution in [0.1, 0.15) is 36.4 Å². The smallest absolute Gasteiger partial charge is 0.271 e. The molecular weight excluding hydrogens is 421 g/mol. The number of thiazole rings is 1. The molecule has 0 radical (unpaired) electrons. The van der Waals surface area contributed by atoms with E-state index in [-0.39, 0.29) is 29.1 Å². The highest BCUT2D eigenvalue weighted by Gasteiger charge is 2.12.